The molecular formula is C15H15Br2NO. The number of hydrogen-bond donors (Lipinski definition) is 1. The molecule has 0 unspecified atom stereocenters. The Balaban J connectivity index is 1.71. The molecule has 2 rings (SSSR count). The molecule has 0 spiro atoms. The van der Waals surface area contributed by atoms with Gasteiger partial charge in [-0.15, -0.1) is 0 Å². The van der Waals surface area contributed by atoms with Crippen LogP contribution in [0.25, 0.3) is 0 Å². The molecule has 0 heterocycles. The van der Waals surface area contributed by atoms with E-state index >= 15 is 0 Å². The third-order valence-electron chi connectivity index (χ3n) is 2.58. The molecule has 0 fully saturated rings. The summed E-state index contributed by atoms with van der Waals surface area (Å²) in [6.07, 6.45) is 0.952. The summed E-state index contributed by atoms with van der Waals surface area (Å²) in [5.74, 6) is 0.922. The minimum absolute atomic E-state index is 0.711. The van der Waals surface area contributed by atoms with Crippen molar-refractivity contribution in [2.24, 2.45) is 0 Å². The average molecular weight is 385 g/mol. The number of rotatable bonds is 6. The Morgan fingerprint density at radius 2 is 1.79 bits per heavy atom. The third-order valence-corrected chi connectivity index (χ3v) is 3.76. The normalized spacial score (nSPS) is 10.2. The zero-order valence-electron chi connectivity index (χ0n) is 10.4. The molecule has 2 aromatic rings. The molecule has 100 valence electrons. The topological polar surface area (TPSA) is 21.3 Å². The van der Waals surface area contributed by atoms with E-state index in [1.165, 1.54) is 0 Å². The van der Waals surface area contributed by atoms with Crippen molar-refractivity contribution in [1.82, 2.24) is 0 Å². The number of nitrogens with one attached hydrogen (secondary N) is 1. The zero-order valence-corrected chi connectivity index (χ0v) is 13.6. The first-order valence-corrected chi connectivity index (χ1v) is 7.71. The van der Waals surface area contributed by atoms with Crippen LogP contribution in [-0.2, 0) is 0 Å². The fourth-order valence-corrected chi connectivity index (χ4v) is 2.38. The Labute approximate surface area is 130 Å². The van der Waals surface area contributed by atoms with Gasteiger partial charge in [-0.2, -0.15) is 0 Å². The van der Waals surface area contributed by atoms with Gasteiger partial charge in [-0.25, -0.2) is 0 Å². The molecule has 0 aromatic heterocycles. The second-order valence-corrected chi connectivity index (χ2v) is 5.84. The minimum Gasteiger partial charge on any atom is -0.494 e. The maximum absolute atomic E-state index is 5.64. The Bertz CT molecular complexity index is 517. The molecule has 2 nitrogen and oxygen atoms in total. The standard InChI is InChI=1S/C15H15Br2NO/c16-12-7-8-14(17)15(11-12)18-9-4-10-19-13-5-2-1-3-6-13/h1-3,5-8,11,18H,4,9-10H2. The number of ether oxygens (including phenoxy) is 1. The fourth-order valence-electron chi connectivity index (χ4n) is 1.63. The highest BCUT2D eigenvalue weighted by Crippen LogP contribution is 2.25. The molecule has 1 N–H and O–H groups in total. The second kappa shape index (κ2) is 7.56. The summed E-state index contributed by atoms with van der Waals surface area (Å²) in [5, 5.41) is 3.38. The fraction of sp³-hybridized carbons (Fsp3) is 0.200. The lowest BCUT2D eigenvalue weighted by atomic mass is 10.3. The molecule has 0 atom stereocenters. The van der Waals surface area contributed by atoms with E-state index in [1.807, 2.05) is 42.5 Å². The van der Waals surface area contributed by atoms with E-state index in [0.717, 1.165) is 33.3 Å². The van der Waals surface area contributed by atoms with Crippen LogP contribution in [0.2, 0.25) is 0 Å². The lowest BCUT2D eigenvalue weighted by Crippen LogP contribution is -2.07. The van der Waals surface area contributed by atoms with Gasteiger partial charge in [0.05, 0.1) is 6.61 Å². The van der Waals surface area contributed by atoms with Gasteiger partial charge < -0.3 is 10.1 Å². The third kappa shape index (κ3) is 4.88. The predicted molar refractivity (Wildman–Crippen MR) is 86.9 cm³/mol. The van der Waals surface area contributed by atoms with Crippen LogP contribution in [0.15, 0.2) is 57.5 Å². The summed E-state index contributed by atoms with van der Waals surface area (Å²) in [6, 6.07) is 16.0. The van der Waals surface area contributed by atoms with E-state index in [0.29, 0.717) is 6.61 Å². The summed E-state index contributed by atoms with van der Waals surface area (Å²) in [6.45, 7) is 1.59. The maximum Gasteiger partial charge on any atom is 0.119 e. The van der Waals surface area contributed by atoms with Crippen molar-refractivity contribution in [2.45, 2.75) is 6.42 Å². The highest BCUT2D eigenvalue weighted by atomic mass is 79.9. The van der Waals surface area contributed by atoms with Gasteiger partial charge in [0, 0.05) is 21.2 Å². The number of benzene rings is 2. The van der Waals surface area contributed by atoms with Crippen LogP contribution in [0, 0.1) is 0 Å². The SMILES string of the molecule is Brc1ccc(Br)c(NCCCOc2ccccc2)c1. The predicted octanol–water partition coefficient (Wildman–Crippen LogP) is 5.09. The maximum atomic E-state index is 5.64. The van der Waals surface area contributed by atoms with Crippen LogP contribution in [0.1, 0.15) is 6.42 Å². The van der Waals surface area contributed by atoms with Crippen LogP contribution >= 0.6 is 31.9 Å². The summed E-state index contributed by atoms with van der Waals surface area (Å²) >= 11 is 6.99. The smallest absolute Gasteiger partial charge is 0.119 e. The van der Waals surface area contributed by atoms with Crippen LogP contribution in [0.3, 0.4) is 0 Å². The van der Waals surface area contributed by atoms with Gasteiger partial charge in [0.15, 0.2) is 0 Å². The Morgan fingerprint density at radius 3 is 2.58 bits per heavy atom. The molecule has 0 bridgehead atoms. The second-order valence-electron chi connectivity index (χ2n) is 4.07. The van der Waals surface area contributed by atoms with Crippen LogP contribution < -0.4 is 10.1 Å². The lowest BCUT2D eigenvalue weighted by molar-refractivity contribution is 0.315. The van der Waals surface area contributed by atoms with Gasteiger partial charge in [-0.05, 0) is 52.7 Å². The van der Waals surface area contributed by atoms with Crippen LogP contribution in [-0.4, -0.2) is 13.2 Å². The van der Waals surface area contributed by atoms with E-state index in [4.69, 9.17) is 4.74 Å². The number of halogens is 2. The summed E-state index contributed by atoms with van der Waals surface area (Å²) < 4.78 is 7.77. The largest absolute Gasteiger partial charge is 0.494 e. The highest BCUT2D eigenvalue weighted by molar-refractivity contribution is 9.11. The first-order chi connectivity index (χ1) is 9.25. The van der Waals surface area contributed by atoms with Crippen LogP contribution in [0.4, 0.5) is 5.69 Å². The zero-order chi connectivity index (χ0) is 13.5. The highest BCUT2D eigenvalue weighted by Gasteiger charge is 1.99. The average Bonchev–Trinajstić information content (AvgIpc) is 2.43. The summed E-state index contributed by atoms with van der Waals surface area (Å²) in [4.78, 5) is 0. The molecule has 19 heavy (non-hydrogen) atoms. The van der Waals surface area contributed by atoms with Crippen molar-refractivity contribution >= 4 is 37.5 Å². The Hall–Kier alpha value is -1.00. The molecule has 2 aromatic carbocycles. The van der Waals surface area contributed by atoms with E-state index in [2.05, 4.69) is 43.2 Å². The van der Waals surface area contributed by atoms with Crippen molar-refractivity contribution in [1.29, 1.82) is 0 Å². The minimum atomic E-state index is 0.711. The Kier molecular flexibility index (Phi) is 5.73. The first kappa shape index (κ1) is 14.4. The van der Waals surface area contributed by atoms with Crippen molar-refractivity contribution < 1.29 is 4.74 Å². The van der Waals surface area contributed by atoms with Gasteiger partial charge in [-0.3, -0.25) is 0 Å². The molecule has 0 aliphatic carbocycles. The van der Waals surface area contributed by atoms with Gasteiger partial charge in [0.25, 0.3) is 0 Å². The van der Waals surface area contributed by atoms with Crippen LogP contribution in [0.5, 0.6) is 5.75 Å². The molecular weight excluding hydrogens is 370 g/mol. The quantitative estimate of drug-likeness (QED) is 0.700. The summed E-state index contributed by atoms with van der Waals surface area (Å²) in [5.41, 5.74) is 1.09. The van der Waals surface area contributed by atoms with Crippen molar-refractivity contribution in [3.63, 3.8) is 0 Å². The van der Waals surface area contributed by atoms with Gasteiger partial charge in [-0.1, -0.05) is 34.1 Å². The van der Waals surface area contributed by atoms with Crippen molar-refractivity contribution in [3.05, 3.63) is 57.5 Å². The van der Waals surface area contributed by atoms with E-state index in [-0.39, 0.29) is 0 Å². The van der Waals surface area contributed by atoms with Crippen molar-refractivity contribution in [3.8, 4) is 5.75 Å². The Morgan fingerprint density at radius 1 is 1.00 bits per heavy atom. The lowest BCUT2D eigenvalue weighted by Gasteiger charge is -2.10. The first-order valence-electron chi connectivity index (χ1n) is 6.12. The van der Waals surface area contributed by atoms with Gasteiger partial charge >= 0.3 is 0 Å². The van der Waals surface area contributed by atoms with Crippen molar-refractivity contribution in [2.75, 3.05) is 18.5 Å². The van der Waals surface area contributed by atoms with Gasteiger partial charge in [0.1, 0.15) is 5.75 Å². The van der Waals surface area contributed by atoms with E-state index in [9.17, 15) is 0 Å². The molecule has 0 amide bonds. The molecule has 0 saturated heterocycles. The summed E-state index contributed by atoms with van der Waals surface area (Å²) in [7, 11) is 0. The monoisotopic (exact) mass is 383 g/mol. The van der Waals surface area contributed by atoms with Gasteiger partial charge in [0.2, 0.25) is 0 Å². The molecule has 0 radical (unpaired) electrons. The molecule has 4 heteroatoms. The molecule has 0 saturated carbocycles. The number of anilines is 1. The number of hydrogen-bond acceptors (Lipinski definition) is 2. The van der Waals surface area contributed by atoms with E-state index in [1.54, 1.807) is 0 Å². The molecule has 0 aliphatic rings. The number of para-hydroxylation sites is 1. The molecule has 0 aliphatic heterocycles. The van der Waals surface area contributed by atoms with E-state index < -0.39 is 0 Å².